The molecule has 1 fully saturated rings. The molecule has 3 aromatic rings. The van der Waals surface area contributed by atoms with Gasteiger partial charge >= 0.3 is 12.0 Å². The average molecular weight is 1090 g/mol. The molecule has 1 aliphatic carbocycles. The van der Waals surface area contributed by atoms with Gasteiger partial charge in [-0.3, -0.25) is 5.32 Å². The molecule has 53 heavy (non-hydrogen) atoms. The highest BCUT2D eigenvalue weighted by Gasteiger charge is 2.23. The number of carboxylic acid groups (broad SMARTS) is 1. The SMILES string of the molecule is C#CC.CC.CCOC(CC)COCc1c(C)cccc1C(=O)O.CS(I)(I)I.Cc1ncnc(NC(=O)NC2CC2)c1C.OC(O)c1ccccc1. The molecule has 0 aliphatic heterocycles. The zero-order chi connectivity index (χ0) is 41.0. The minimum Gasteiger partial charge on any atom is -0.478 e. The first kappa shape index (κ1) is 53.3. The number of urea groups is 1. The lowest BCUT2D eigenvalue weighted by Crippen LogP contribution is -2.31. The van der Waals surface area contributed by atoms with E-state index in [1.807, 2.05) is 60.6 Å². The number of amides is 2. The van der Waals surface area contributed by atoms with Gasteiger partial charge in [-0.15, -0.1) is 12.3 Å². The van der Waals surface area contributed by atoms with Gasteiger partial charge in [0.05, 0.1) is 24.9 Å². The number of aliphatic hydroxyl groups excluding tert-OH is 1. The molecule has 0 spiro atoms. The van der Waals surface area contributed by atoms with E-state index >= 15 is 0 Å². The van der Waals surface area contributed by atoms with Gasteiger partial charge in [0.15, 0.2) is 6.29 Å². The summed E-state index contributed by atoms with van der Waals surface area (Å²) >= 11 is 7.30. The number of aromatic carboxylic acids is 1. The van der Waals surface area contributed by atoms with Crippen LogP contribution < -0.4 is 10.6 Å². The summed E-state index contributed by atoms with van der Waals surface area (Å²) in [5, 5.41) is 31.9. The predicted molar refractivity (Wildman–Crippen MR) is 245 cm³/mol. The lowest BCUT2D eigenvalue weighted by Gasteiger charge is -2.16. The number of terminal acetylenes is 1. The Morgan fingerprint density at radius 1 is 1.02 bits per heavy atom. The maximum atomic E-state index is 11.4. The van der Waals surface area contributed by atoms with Crippen LogP contribution >= 0.6 is 65.2 Å². The van der Waals surface area contributed by atoms with Crippen LogP contribution in [0.1, 0.15) is 98.5 Å². The van der Waals surface area contributed by atoms with E-state index in [1.54, 1.807) is 43.3 Å². The first-order valence-electron chi connectivity index (χ1n) is 17.0. The maximum Gasteiger partial charge on any atom is 0.336 e. The normalized spacial score (nSPS) is 12.0. The molecule has 0 radical (unpaired) electrons. The fourth-order valence-electron chi connectivity index (χ4n) is 3.75. The monoisotopic (exact) mass is 1090 g/mol. The van der Waals surface area contributed by atoms with Crippen LogP contribution in [0.5, 0.6) is 0 Å². The van der Waals surface area contributed by atoms with E-state index in [0.29, 0.717) is 42.8 Å². The summed E-state index contributed by atoms with van der Waals surface area (Å²) in [6, 6.07) is 14.1. The van der Waals surface area contributed by atoms with Crippen LogP contribution in [0.25, 0.3) is 0 Å². The summed E-state index contributed by atoms with van der Waals surface area (Å²) in [4.78, 5) is 30.7. The third-order valence-corrected chi connectivity index (χ3v) is 6.63. The second-order valence-corrected chi connectivity index (χ2v) is 43.2. The number of benzene rings is 2. The number of carbonyl (C=O) groups excluding carboxylic acids is 1. The molecule has 1 aromatic heterocycles. The van der Waals surface area contributed by atoms with E-state index in [2.05, 4.69) is 103 Å². The zero-order valence-corrected chi connectivity index (χ0v) is 39.4. The Bertz CT molecular complexity index is 1480. The van der Waals surface area contributed by atoms with Gasteiger partial charge in [-0.05, 0) is 141 Å². The van der Waals surface area contributed by atoms with Crippen molar-refractivity contribution in [3.63, 3.8) is 0 Å². The van der Waals surface area contributed by atoms with Gasteiger partial charge in [0.2, 0.25) is 0 Å². The quantitative estimate of drug-likeness (QED) is 0.0715. The Morgan fingerprint density at radius 2 is 1.58 bits per heavy atom. The van der Waals surface area contributed by atoms with Crippen molar-refractivity contribution in [3.8, 4) is 12.3 Å². The lowest BCUT2D eigenvalue weighted by atomic mass is 10.0. The number of nitrogens with zero attached hydrogens (tertiary/aromatic N) is 2. The number of aromatic nitrogens is 2. The minimum absolute atomic E-state index is 0.0716. The molecule has 1 saturated carbocycles. The molecule has 1 atom stereocenters. The van der Waals surface area contributed by atoms with Crippen molar-refractivity contribution >= 4 is 83.0 Å². The highest BCUT2D eigenvalue weighted by Crippen LogP contribution is 2.68. The van der Waals surface area contributed by atoms with Gasteiger partial charge in [-0.1, -0.05) is 64.8 Å². The van der Waals surface area contributed by atoms with E-state index in [9.17, 15) is 9.59 Å². The molecular weight excluding hydrogens is 1040 g/mol. The van der Waals surface area contributed by atoms with Crippen LogP contribution in [0.2, 0.25) is 0 Å². The summed E-state index contributed by atoms with van der Waals surface area (Å²) in [7, 11) is 0. The molecule has 4 rings (SSSR count). The number of aliphatic hydroxyl groups is 2. The van der Waals surface area contributed by atoms with Crippen molar-refractivity contribution in [2.24, 2.45) is 0 Å². The summed E-state index contributed by atoms with van der Waals surface area (Å²) in [5.41, 5.74) is 4.29. The van der Waals surface area contributed by atoms with Crippen molar-refractivity contribution in [1.29, 1.82) is 0 Å². The van der Waals surface area contributed by atoms with Gasteiger partial charge in [0, 0.05) is 29.5 Å². The summed E-state index contributed by atoms with van der Waals surface area (Å²) < 4.78 is 10.8. The van der Waals surface area contributed by atoms with Gasteiger partial charge in [-0.2, -0.15) is 0 Å². The van der Waals surface area contributed by atoms with Crippen LogP contribution in [-0.4, -0.2) is 68.9 Å². The number of ether oxygens (including phenoxy) is 2. The van der Waals surface area contributed by atoms with Gasteiger partial charge in [0.25, 0.3) is 0 Å². The van der Waals surface area contributed by atoms with Crippen molar-refractivity contribution in [2.45, 2.75) is 99.7 Å². The number of halogens is 3. The Labute approximate surface area is 354 Å². The number of hydrogen-bond donors (Lipinski definition) is 5. The molecule has 298 valence electrons. The Morgan fingerprint density at radius 3 is 2.04 bits per heavy atom. The van der Waals surface area contributed by atoms with Crippen LogP contribution in [0.4, 0.5) is 10.6 Å². The highest BCUT2D eigenvalue weighted by molar-refractivity contribution is 14.5. The number of nitrogens with one attached hydrogen (secondary N) is 2. The second kappa shape index (κ2) is 31.4. The van der Waals surface area contributed by atoms with Gasteiger partial charge < -0.3 is 30.1 Å². The van der Waals surface area contributed by atoms with E-state index < -0.39 is 12.3 Å². The van der Waals surface area contributed by atoms with Crippen molar-refractivity contribution in [2.75, 3.05) is 24.8 Å². The fraction of sp³-hybridized carbons (Fsp3) is 0.474. The number of carbonyl (C=O) groups is 2. The van der Waals surface area contributed by atoms with Crippen LogP contribution in [0.15, 0.2) is 54.9 Å². The Hall–Kier alpha value is -1.80. The van der Waals surface area contributed by atoms with Crippen molar-refractivity contribution < 1.29 is 34.4 Å². The average Bonchev–Trinajstić information content (AvgIpc) is 3.92. The fourth-order valence-corrected chi connectivity index (χ4v) is 3.75. The van der Waals surface area contributed by atoms with E-state index in [-0.39, 0.29) is 13.7 Å². The molecule has 1 unspecified atom stereocenters. The summed E-state index contributed by atoms with van der Waals surface area (Å²) in [6.07, 6.45) is 10.1. The van der Waals surface area contributed by atoms with Crippen molar-refractivity contribution in [1.82, 2.24) is 15.3 Å². The molecule has 0 bridgehead atoms. The van der Waals surface area contributed by atoms with E-state index in [4.69, 9.17) is 24.8 Å². The van der Waals surface area contributed by atoms with Crippen LogP contribution in [0.3, 0.4) is 0 Å². The highest BCUT2D eigenvalue weighted by atomic mass is 127. The number of hydrogen-bond acceptors (Lipinski definition) is 8. The molecule has 11 nitrogen and oxygen atoms in total. The van der Waals surface area contributed by atoms with E-state index in [1.165, 1.54) is 6.33 Å². The van der Waals surface area contributed by atoms with Gasteiger partial charge in [0.1, 0.15) is 12.1 Å². The molecule has 1 aliphatic rings. The molecule has 2 amide bonds. The standard InChI is InChI=1S/C15H22O4.C10H14N4O.C7H8O2.C3H4.C2H6.CH3I3S/c1-4-12(19-5-2)9-18-10-14-11(3)7-6-8-13(14)15(16)17;1-6-7(2)11-5-12-9(6)14-10(15)13-8-3-4-8;8-7(9)6-4-2-1-3-5-6;1-3-2;1-2;1-5(2,3)4/h6-8,12H,4-5,9-10H2,1-3H3,(H,16,17);5,8H,3-4H2,1-2H3,(H2,11,12,13,14,15);1-5,7-9H;1H,2H3;1-2H3;1H3. The molecular formula is C38H57I3N4O7S. The minimum atomic E-state index is -1.34. The molecule has 2 aromatic carbocycles. The third-order valence-electron chi connectivity index (χ3n) is 6.63. The topological polar surface area (TPSA) is 163 Å². The predicted octanol–water partition coefficient (Wildman–Crippen LogP) is 10.2. The Kier molecular flexibility index (Phi) is 31.6. The largest absolute Gasteiger partial charge is 0.478 e. The summed E-state index contributed by atoms with van der Waals surface area (Å²) in [5.74, 6) is 1.92. The van der Waals surface area contributed by atoms with E-state index in [0.717, 1.165) is 41.6 Å². The smallest absolute Gasteiger partial charge is 0.336 e. The number of anilines is 1. The Balaban J connectivity index is 0. The van der Waals surface area contributed by atoms with Crippen molar-refractivity contribution in [3.05, 3.63) is 88.4 Å². The molecule has 0 saturated heterocycles. The zero-order valence-electron chi connectivity index (χ0n) is 32.2. The third kappa shape index (κ3) is 28.3. The van der Waals surface area contributed by atoms with Crippen LogP contribution in [-0.2, 0) is 16.1 Å². The molecule has 5 N–H and O–H groups in total. The van der Waals surface area contributed by atoms with Gasteiger partial charge in [-0.25, -0.2) is 19.6 Å². The molecule has 15 heteroatoms. The molecule has 1 heterocycles. The first-order chi connectivity index (χ1) is 25.0. The number of rotatable bonds is 11. The first-order valence-corrected chi connectivity index (χ1v) is 26.7. The number of aryl methyl sites for hydroxylation is 2. The van der Waals surface area contributed by atoms with Crippen LogP contribution in [0, 0.1) is 33.1 Å². The maximum absolute atomic E-state index is 11.4. The second-order valence-electron chi connectivity index (χ2n) is 10.9. The summed E-state index contributed by atoms with van der Waals surface area (Å²) in [6.45, 7) is 16.8. The number of carboxylic acids is 1. The lowest BCUT2D eigenvalue weighted by molar-refractivity contribution is -0.0424.